The van der Waals surface area contributed by atoms with E-state index in [1.807, 2.05) is 0 Å². The first-order valence-corrected chi connectivity index (χ1v) is 9.69. The van der Waals surface area contributed by atoms with Gasteiger partial charge >= 0.3 is 6.18 Å². The van der Waals surface area contributed by atoms with Gasteiger partial charge in [-0.05, 0) is 50.3 Å². The highest BCUT2D eigenvalue weighted by Gasteiger charge is 2.41. The lowest BCUT2D eigenvalue weighted by Crippen LogP contribution is -2.45. The third-order valence-corrected chi connectivity index (χ3v) is 6.44. The highest BCUT2D eigenvalue weighted by Crippen LogP contribution is 2.37. The van der Waals surface area contributed by atoms with Crippen LogP contribution in [0.3, 0.4) is 0 Å². The van der Waals surface area contributed by atoms with Crippen molar-refractivity contribution < 1.29 is 26.4 Å². The Kier molecular flexibility index (Phi) is 5.72. The minimum atomic E-state index is -4.53. The number of sulfonamides is 1. The molecule has 1 fully saturated rings. The molecule has 1 amide bonds. The third kappa shape index (κ3) is 4.56. The smallest absolute Gasteiger partial charge is 0.327 e. The average molecular weight is 392 g/mol. The van der Waals surface area contributed by atoms with Crippen molar-refractivity contribution in [1.82, 2.24) is 9.21 Å². The predicted molar refractivity (Wildman–Crippen MR) is 91.3 cm³/mol. The van der Waals surface area contributed by atoms with Crippen molar-refractivity contribution in [3.63, 3.8) is 0 Å². The van der Waals surface area contributed by atoms with Crippen molar-refractivity contribution in [3.05, 3.63) is 29.3 Å². The summed E-state index contributed by atoms with van der Waals surface area (Å²) in [6.07, 6.45) is -2.95. The molecule has 2 rings (SSSR count). The van der Waals surface area contributed by atoms with Crippen LogP contribution in [0.25, 0.3) is 0 Å². The molecule has 5 nitrogen and oxygen atoms in total. The van der Waals surface area contributed by atoms with Crippen LogP contribution in [0.4, 0.5) is 13.2 Å². The SMILES string of the molecule is Cc1ccc(S(=O)(=O)N(C)C)cc1C(=O)N(CC(F)(F)F)[C@@H](C)C1CC1. The first kappa shape index (κ1) is 20.7. The molecule has 1 saturated carbocycles. The molecule has 0 aliphatic heterocycles. The number of aryl methyl sites for hydroxylation is 1. The zero-order chi connectivity index (χ0) is 19.9. The second-order valence-corrected chi connectivity index (χ2v) is 9.04. The summed E-state index contributed by atoms with van der Waals surface area (Å²) in [7, 11) is -1.10. The Morgan fingerprint density at radius 3 is 2.31 bits per heavy atom. The fourth-order valence-corrected chi connectivity index (χ4v) is 3.71. The largest absolute Gasteiger partial charge is 0.406 e. The minimum Gasteiger partial charge on any atom is -0.327 e. The van der Waals surface area contributed by atoms with Gasteiger partial charge in [0.05, 0.1) is 4.90 Å². The van der Waals surface area contributed by atoms with Crippen molar-refractivity contribution in [2.75, 3.05) is 20.6 Å². The summed E-state index contributed by atoms with van der Waals surface area (Å²) in [5.41, 5.74) is 0.410. The van der Waals surface area contributed by atoms with Gasteiger partial charge in [-0.2, -0.15) is 13.2 Å². The molecule has 0 radical (unpaired) electrons. The van der Waals surface area contributed by atoms with Crippen molar-refractivity contribution in [2.24, 2.45) is 5.92 Å². The van der Waals surface area contributed by atoms with Crippen molar-refractivity contribution in [2.45, 2.75) is 43.8 Å². The molecule has 0 heterocycles. The van der Waals surface area contributed by atoms with Crippen LogP contribution in [0, 0.1) is 12.8 Å². The van der Waals surface area contributed by atoms with E-state index in [0.29, 0.717) is 5.56 Å². The van der Waals surface area contributed by atoms with Crippen LogP contribution in [-0.2, 0) is 10.0 Å². The van der Waals surface area contributed by atoms with Gasteiger partial charge < -0.3 is 4.90 Å². The maximum absolute atomic E-state index is 13.0. The Hall–Kier alpha value is -1.61. The normalized spacial score (nSPS) is 16.6. The molecule has 0 N–H and O–H groups in total. The lowest BCUT2D eigenvalue weighted by Gasteiger charge is -2.31. The maximum atomic E-state index is 13.0. The van der Waals surface area contributed by atoms with E-state index in [-0.39, 0.29) is 16.4 Å². The average Bonchev–Trinajstić information content (AvgIpc) is 3.35. The standard InChI is InChI=1S/C17H23F3N2O3S/c1-11-5-8-14(26(24,25)21(3)4)9-15(11)16(23)22(10-17(18,19)20)12(2)13-6-7-13/h5,8-9,12-13H,6-7,10H2,1-4H3/t12-/m0/s1. The monoisotopic (exact) mass is 392 g/mol. The molecule has 1 atom stereocenters. The van der Waals surface area contributed by atoms with E-state index in [2.05, 4.69) is 0 Å². The highest BCUT2D eigenvalue weighted by atomic mass is 32.2. The van der Waals surface area contributed by atoms with E-state index in [4.69, 9.17) is 0 Å². The lowest BCUT2D eigenvalue weighted by atomic mass is 10.1. The van der Waals surface area contributed by atoms with Gasteiger partial charge in [-0.3, -0.25) is 4.79 Å². The lowest BCUT2D eigenvalue weighted by molar-refractivity contribution is -0.144. The summed E-state index contributed by atoms with van der Waals surface area (Å²) in [5, 5.41) is 0. The number of nitrogens with zero attached hydrogens (tertiary/aromatic N) is 2. The van der Waals surface area contributed by atoms with E-state index >= 15 is 0 Å². The van der Waals surface area contributed by atoms with Gasteiger partial charge in [0.2, 0.25) is 10.0 Å². The van der Waals surface area contributed by atoms with Crippen molar-refractivity contribution in [1.29, 1.82) is 0 Å². The summed E-state index contributed by atoms with van der Waals surface area (Å²) in [4.78, 5) is 13.6. The number of carbonyl (C=O) groups excluding carboxylic acids is 1. The molecule has 1 aliphatic carbocycles. The summed E-state index contributed by atoms with van der Waals surface area (Å²) >= 11 is 0. The molecular formula is C17H23F3N2O3S. The van der Waals surface area contributed by atoms with Crippen LogP contribution in [0.15, 0.2) is 23.1 Å². The van der Waals surface area contributed by atoms with Gasteiger partial charge in [0, 0.05) is 25.7 Å². The number of benzene rings is 1. The summed E-state index contributed by atoms with van der Waals surface area (Å²) in [6, 6.07) is 3.39. The van der Waals surface area contributed by atoms with Crippen molar-refractivity contribution >= 4 is 15.9 Å². The van der Waals surface area contributed by atoms with Gasteiger partial charge in [-0.15, -0.1) is 0 Å². The van der Waals surface area contributed by atoms with Gasteiger partial charge in [-0.25, -0.2) is 12.7 Å². The predicted octanol–water partition coefficient (Wildman–Crippen LogP) is 3.05. The molecular weight excluding hydrogens is 369 g/mol. The molecule has 0 unspecified atom stereocenters. The number of alkyl halides is 3. The van der Waals surface area contributed by atoms with E-state index in [9.17, 15) is 26.4 Å². The van der Waals surface area contributed by atoms with Crippen molar-refractivity contribution in [3.8, 4) is 0 Å². The van der Waals surface area contributed by atoms with Gasteiger partial charge in [0.1, 0.15) is 6.54 Å². The Morgan fingerprint density at radius 2 is 1.85 bits per heavy atom. The molecule has 1 aliphatic rings. The number of amides is 1. The minimum absolute atomic E-state index is 0.0234. The van der Waals surface area contributed by atoms with Crippen LogP contribution >= 0.6 is 0 Å². The van der Waals surface area contributed by atoms with Gasteiger partial charge in [0.25, 0.3) is 5.91 Å². The topological polar surface area (TPSA) is 57.7 Å². The molecule has 26 heavy (non-hydrogen) atoms. The second-order valence-electron chi connectivity index (χ2n) is 6.89. The molecule has 1 aromatic carbocycles. The summed E-state index contributed by atoms with van der Waals surface area (Å²) < 4.78 is 64.6. The van der Waals surface area contributed by atoms with Crippen LogP contribution in [0.1, 0.15) is 35.7 Å². The maximum Gasteiger partial charge on any atom is 0.406 e. The Balaban J connectivity index is 2.44. The third-order valence-electron chi connectivity index (χ3n) is 4.62. The van der Waals surface area contributed by atoms with Gasteiger partial charge in [-0.1, -0.05) is 6.07 Å². The van der Waals surface area contributed by atoms with E-state index < -0.39 is 34.7 Å². The quantitative estimate of drug-likeness (QED) is 0.748. The number of carbonyl (C=O) groups is 1. The molecule has 1 aromatic rings. The molecule has 0 saturated heterocycles. The number of rotatable bonds is 6. The molecule has 0 aromatic heterocycles. The Morgan fingerprint density at radius 1 is 1.27 bits per heavy atom. The molecule has 0 spiro atoms. The van der Waals surface area contributed by atoms with Crippen LogP contribution in [0.5, 0.6) is 0 Å². The molecule has 9 heteroatoms. The Labute approximate surface area is 151 Å². The summed E-state index contributed by atoms with van der Waals surface area (Å²) in [5.74, 6) is -0.745. The molecule has 0 bridgehead atoms. The first-order valence-electron chi connectivity index (χ1n) is 8.25. The summed E-state index contributed by atoms with van der Waals surface area (Å²) in [6.45, 7) is 1.83. The Bertz CT molecular complexity index is 787. The molecule has 146 valence electrons. The van der Waals surface area contributed by atoms with E-state index in [1.165, 1.54) is 26.2 Å². The van der Waals surface area contributed by atoms with Crippen LogP contribution in [-0.4, -0.2) is 56.4 Å². The zero-order valence-electron chi connectivity index (χ0n) is 15.2. The van der Waals surface area contributed by atoms with E-state index in [0.717, 1.165) is 28.1 Å². The van der Waals surface area contributed by atoms with Crippen LogP contribution in [0.2, 0.25) is 0 Å². The highest BCUT2D eigenvalue weighted by molar-refractivity contribution is 7.89. The number of hydrogen-bond donors (Lipinski definition) is 0. The fourth-order valence-electron chi connectivity index (χ4n) is 2.78. The number of halogens is 3. The zero-order valence-corrected chi connectivity index (χ0v) is 16.0. The first-order chi connectivity index (χ1) is 11.8. The van der Waals surface area contributed by atoms with Crippen LogP contribution < -0.4 is 0 Å². The second kappa shape index (κ2) is 7.19. The fraction of sp³-hybridized carbons (Fsp3) is 0.588. The van der Waals surface area contributed by atoms with E-state index in [1.54, 1.807) is 13.8 Å². The van der Waals surface area contributed by atoms with Gasteiger partial charge in [0.15, 0.2) is 0 Å². The number of hydrogen-bond acceptors (Lipinski definition) is 3.